The van der Waals surface area contributed by atoms with Gasteiger partial charge in [-0.05, 0) is 29.7 Å². The Bertz CT molecular complexity index is 1290. The molecule has 0 atom stereocenters. The Labute approximate surface area is 200 Å². The molecule has 0 fully saturated rings. The summed E-state index contributed by atoms with van der Waals surface area (Å²) in [6, 6.07) is 2.56. The molecular formula is C22H17Cl2F4N3O3. The maximum Gasteiger partial charge on any atom is 0.471 e. The van der Waals surface area contributed by atoms with Gasteiger partial charge in [0, 0.05) is 36.3 Å². The number of amides is 1. The SMILES string of the molecule is Nc1ncc2c(C3=CCN(C(=O)C(F)(F)F)CC3)coc2c1OCCc1c(Cl)ccc(F)c1Cl. The number of carbonyl (C=O) groups excluding carboxylic acids is 1. The van der Waals surface area contributed by atoms with E-state index in [1.54, 1.807) is 6.08 Å². The number of nitrogens with zero attached hydrogens (tertiary/aromatic N) is 2. The molecule has 0 saturated heterocycles. The third kappa shape index (κ3) is 4.65. The van der Waals surface area contributed by atoms with Gasteiger partial charge in [-0.1, -0.05) is 29.3 Å². The molecule has 12 heteroatoms. The van der Waals surface area contributed by atoms with Crippen molar-refractivity contribution in [2.75, 3.05) is 25.4 Å². The van der Waals surface area contributed by atoms with E-state index in [0.29, 0.717) is 32.7 Å². The number of halogens is 6. The second-order valence-corrected chi connectivity index (χ2v) is 8.30. The van der Waals surface area contributed by atoms with Gasteiger partial charge in [-0.25, -0.2) is 9.37 Å². The van der Waals surface area contributed by atoms with E-state index in [9.17, 15) is 22.4 Å². The number of rotatable bonds is 5. The molecule has 0 bridgehead atoms. The Morgan fingerprint density at radius 1 is 1.29 bits per heavy atom. The number of ether oxygens (including phenoxy) is 1. The molecule has 0 unspecified atom stereocenters. The predicted octanol–water partition coefficient (Wildman–Crippen LogP) is 5.66. The molecule has 1 aliphatic rings. The Hall–Kier alpha value is -2.98. The molecule has 34 heavy (non-hydrogen) atoms. The lowest BCUT2D eigenvalue weighted by atomic mass is 9.99. The van der Waals surface area contributed by atoms with E-state index in [2.05, 4.69) is 4.98 Å². The fourth-order valence-corrected chi connectivity index (χ4v) is 4.26. The fourth-order valence-electron chi connectivity index (χ4n) is 3.70. The van der Waals surface area contributed by atoms with Crippen molar-refractivity contribution < 1.29 is 31.5 Å². The highest BCUT2D eigenvalue weighted by molar-refractivity contribution is 6.36. The number of nitrogens with two attached hydrogens (primary N) is 1. The molecule has 3 aromatic rings. The van der Waals surface area contributed by atoms with Crippen molar-refractivity contribution in [2.24, 2.45) is 0 Å². The molecule has 1 amide bonds. The van der Waals surface area contributed by atoms with Gasteiger partial charge >= 0.3 is 12.1 Å². The Kier molecular flexibility index (Phi) is 6.64. The highest BCUT2D eigenvalue weighted by atomic mass is 35.5. The van der Waals surface area contributed by atoms with Gasteiger partial charge in [-0.2, -0.15) is 13.2 Å². The maximum atomic E-state index is 13.7. The van der Waals surface area contributed by atoms with E-state index in [1.165, 1.54) is 24.6 Å². The lowest BCUT2D eigenvalue weighted by Crippen LogP contribution is -2.43. The molecule has 180 valence electrons. The zero-order valence-corrected chi connectivity index (χ0v) is 18.9. The van der Waals surface area contributed by atoms with Crippen LogP contribution in [-0.4, -0.2) is 41.7 Å². The summed E-state index contributed by atoms with van der Waals surface area (Å²) < 4.78 is 63.2. The molecule has 2 N–H and O–H groups in total. The quantitative estimate of drug-likeness (QED) is 0.349. The second kappa shape index (κ2) is 9.34. The number of hydrogen-bond donors (Lipinski definition) is 1. The summed E-state index contributed by atoms with van der Waals surface area (Å²) in [5.74, 6) is -2.25. The number of hydrogen-bond acceptors (Lipinski definition) is 5. The number of carbonyl (C=O) groups is 1. The molecule has 3 heterocycles. The van der Waals surface area contributed by atoms with Crippen molar-refractivity contribution in [3.05, 3.63) is 57.7 Å². The number of benzene rings is 1. The topological polar surface area (TPSA) is 81.6 Å². The lowest BCUT2D eigenvalue weighted by Gasteiger charge is -2.27. The van der Waals surface area contributed by atoms with Gasteiger partial charge in [0.1, 0.15) is 5.82 Å². The van der Waals surface area contributed by atoms with Crippen LogP contribution in [0.4, 0.5) is 23.4 Å². The zero-order chi connectivity index (χ0) is 24.6. The molecule has 0 aliphatic carbocycles. The van der Waals surface area contributed by atoms with Crippen LogP contribution >= 0.6 is 23.2 Å². The average Bonchev–Trinajstić information content (AvgIpc) is 3.23. The van der Waals surface area contributed by atoms with E-state index in [0.717, 1.165) is 4.90 Å². The van der Waals surface area contributed by atoms with Gasteiger partial charge < -0.3 is 19.8 Å². The minimum Gasteiger partial charge on any atom is -0.486 e. The van der Waals surface area contributed by atoms with Crippen molar-refractivity contribution in [3.63, 3.8) is 0 Å². The van der Waals surface area contributed by atoms with Gasteiger partial charge in [0.15, 0.2) is 11.4 Å². The number of nitrogen functional groups attached to an aromatic ring is 1. The first-order valence-corrected chi connectivity index (χ1v) is 10.8. The standard InChI is InChI=1S/C22H17Cl2F4N3O3/c23-15-1-2-16(25)17(24)12(15)5-8-33-19-18-13(9-30-20(19)29)14(10-34-18)11-3-6-31(7-4-11)21(32)22(26,27)28/h1-3,9-10H,4-8H2,(H2,29,30). The van der Waals surface area contributed by atoms with Crippen LogP contribution in [0, 0.1) is 5.82 Å². The highest BCUT2D eigenvalue weighted by Gasteiger charge is 2.42. The lowest BCUT2D eigenvalue weighted by molar-refractivity contribution is -0.185. The molecule has 0 saturated carbocycles. The molecule has 0 radical (unpaired) electrons. The van der Waals surface area contributed by atoms with Crippen LogP contribution in [0.2, 0.25) is 10.0 Å². The summed E-state index contributed by atoms with van der Waals surface area (Å²) in [5.41, 5.74) is 7.96. The number of anilines is 1. The maximum absolute atomic E-state index is 13.7. The normalized spacial score (nSPS) is 14.4. The van der Waals surface area contributed by atoms with Crippen LogP contribution in [0.1, 0.15) is 17.5 Å². The summed E-state index contributed by atoms with van der Waals surface area (Å²) in [6.45, 7) is -0.222. The van der Waals surface area contributed by atoms with Crippen molar-refractivity contribution in [1.82, 2.24) is 9.88 Å². The smallest absolute Gasteiger partial charge is 0.471 e. The van der Waals surface area contributed by atoms with Crippen LogP contribution in [0.15, 0.2) is 35.1 Å². The number of pyridine rings is 1. The average molecular weight is 518 g/mol. The van der Waals surface area contributed by atoms with Crippen LogP contribution < -0.4 is 10.5 Å². The second-order valence-electron chi connectivity index (χ2n) is 7.51. The summed E-state index contributed by atoms with van der Waals surface area (Å²) in [5, 5.41) is 0.748. The molecular weight excluding hydrogens is 501 g/mol. The molecule has 6 nitrogen and oxygen atoms in total. The van der Waals surface area contributed by atoms with Crippen molar-refractivity contribution in [3.8, 4) is 5.75 Å². The number of furan rings is 1. The van der Waals surface area contributed by atoms with Gasteiger partial charge in [0.25, 0.3) is 0 Å². The van der Waals surface area contributed by atoms with Crippen LogP contribution in [0.5, 0.6) is 5.75 Å². The van der Waals surface area contributed by atoms with E-state index >= 15 is 0 Å². The van der Waals surface area contributed by atoms with E-state index in [1.807, 2.05) is 0 Å². The zero-order valence-electron chi connectivity index (χ0n) is 17.4. The molecule has 1 aromatic carbocycles. The minimum atomic E-state index is -4.92. The van der Waals surface area contributed by atoms with Crippen molar-refractivity contribution in [1.29, 1.82) is 0 Å². The van der Waals surface area contributed by atoms with Crippen molar-refractivity contribution in [2.45, 2.75) is 19.0 Å². The minimum absolute atomic E-state index is 0.0428. The van der Waals surface area contributed by atoms with Gasteiger partial charge in [0.05, 0.1) is 23.3 Å². The first-order chi connectivity index (χ1) is 16.1. The summed E-state index contributed by atoms with van der Waals surface area (Å²) in [6.07, 6.45) is -0.0684. The first kappa shape index (κ1) is 24.2. The van der Waals surface area contributed by atoms with E-state index in [4.69, 9.17) is 38.1 Å². The third-order valence-corrected chi connectivity index (χ3v) is 6.19. The van der Waals surface area contributed by atoms with Gasteiger partial charge in [-0.3, -0.25) is 4.79 Å². The number of fused-ring (bicyclic) bond motifs is 1. The van der Waals surface area contributed by atoms with E-state index in [-0.39, 0.29) is 49.1 Å². The third-order valence-electron chi connectivity index (χ3n) is 5.42. The summed E-state index contributed by atoms with van der Waals surface area (Å²) in [7, 11) is 0. The van der Waals surface area contributed by atoms with Crippen LogP contribution in [0.25, 0.3) is 16.5 Å². The van der Waals surface area contributed by atoms with Crippen LogP contribution in [-0.2, 0) is 11.2 Å². The summed E-state index contributed by atoms with van der Waals surface area (Å²) >= 11 is 12.1. The van der Waals surface area contributed by atoms with E-state index < -0.39 is 17.9 Å². The largest absolute Gasteiger partial charge is 0.486 e. The number of aromatic nitrogens is 1. The molecule has 4 rings (SSSR count). The highest BCUT2D eigenvalue weighted by Crippen LogP contribution is 2.38. The number of alkyl halides is 3. The predicted molar refractivity (Wildman–Crippen MR) is 119 cm³/mol. The Morgan fingerprint density at radius 3 is 2.74 bits per heavy atom. The van der Waals surface area contributed by atoms with Crippen molar-refractivity contribution >= 4 is 51.5 Å². The molecule has 2 aromatic heterocycles. The first-order valence-electron chi connectivity index (χ1n) is 10.0. The molecule has 0 spiro atoms. The Balaban J connectivity index is 1.54. The fraction of sp³-hybridized carbons (Fsp3) is 0.273. The van der Waals surface area contributed by atoms with Gasteiger partial charge in [0.2, 0.25) is 5.75 Å². The van der Waals surface area contributed by atoms with Crippen LogP contribution in [0.3, 0.4) is 0 Å². The molecule has 1 aliphatic heterocycles. The monoisotopic (exact) mass is 517 g/mol. The summed E-state index contributed by atoms with van der Waals surface area (Å²) in [4.78, 5) is 16.3. The van der Waals surface area contributed by atoms with Gasteiger partial charge in [-0.15, -0.1) is 0 Å². The Morgan fingerprint density at radius 2 is 2.06 bits per heavy atom.